The largest absolute Gasteiger partial charge is 0.389 e. The highest BCUT2D eigenvalue weighted by molar-refractivity contribution is 7.16. The highest BCUT2D eigenvalue weighted by Gasteiger charge is 2.49. The molecule has 0 bridgehead atoms. The van der Waals surface area contributed by atoms with Gasteiger partial charge in [0, 0.05) is 41.8 Å². The monoisotopic (exact) mass is 615 g/mol. The molecule has 2 aliphatic heterocycles. The fraction of sp³-hybridized carbons (Fsp3) is 0.594. The van der Waals surface area contributed by atoms with Crippen molar-refractivity contribution in [3.05, 3.63) is 32.9 Å². The van der Waals surface area contributed by atoms with Gasteiger partial charge >= 0.3 is 0 Å². The van der Waals surface area contributed by atoms with Crippen LogP contribution in [0.15, 0.2) is 4.52 Å². The van der Waals surface area contributed by atoms with E-state index in [0.717, 1.165) is 94.2 Å². The number of anilines is 3. The van der Waals surface area contributed by atoms with Gasteiger partial charge in [-0.1, -0.05) is 5.16 Å². The molecule has 0 saturated carbocycles. The van der Waals surface area contributed by atoms with Crippen LogP contribution in [0.5, 0.6) is 0 Å². The van der Waals surface area contributed by atoms with Crippen LogP contribution in [0.25, 0.3) is 11.5 Å². The van der Waals surface area contributed by atoms with Gasteiger partial charge in [-0.2, -0.15) is 5.26 Å². The average molecular weight is 616 g/mol. The van der Waals surface area contributed by atoms with E-state index in [9.17, 15) is 10.4 Å². The Hall–Kier alpha value is -3.53. The quantitative estimate of drug-likeness (QED) is 0.248. The van der Waals surface area contributed by atoms with Crippen molar-refractivity contribution in [1.29, 1.82) is 10.7 Å². The molecule has 7 rings (SSSR count). The van der Waals surface area contributed by atoms with Gasteiger partial charge in [0.25, 0.3) is 0 Å². The number of nitrogens with one attached hydrogen (secondary N) is 3. The molecule has 4 atom stereocenters. The maximum absolute atomic E-state index is 11.0. The number of nitrogens with zero attached hydrogens (tertiary/aromatic N) is 5. The molecule has 2 aliphatic carbocycles. The van der Waals surface area contributed by atoms with Gasteiger partial charge < -0.3 is 36.3 Å². The molecule has 12 heteroatoms. The van der Waals surface area contributed by atoms with Crippen molar-refractivity contribution < 1.29 is 9.63 Å². The summed E-state index contributed by atoms with van der Waals surface area (Å²) in [7, 11) is 0. The van der Waals surface area contributed by atoms with E-state index < -0.39 is 11.0 Å². The van der Waals surface area contributed by atoms with Crippen LogP contribution in [0.2, 0.25) is 0 Å². The van der Waals surface area contributed by atoms with Crippen LogP contribution in [-0.4, -0.2) is 63.8 Å². The van der Waals surface area contributed by atoms with Gasteiger partial charge in [-0.3, -0.25) is 0 Å². The molecule has 2 saturated heterocycles. The lowest BCUT2D eigenvalue weighted by atomic mass is 9.63. The standard InChI is InChI=1S/C32H41N9O2S/c1-18(22-8-5-13-36-22)37-28-21(16-34)30(41-14-6-10-31(2,42)17-41)39-29(38-28)25-19-7-3-11-32(26(19)43-40-25)12-4-9-23-24(32)20(15-33)27(35)44-23/h16,18,22,34,36,42H,3-14,17,35H2,1-2H3,(H,37,38,39). The molecule has 3 aromatic rings. The van der Waals surface area contributed by atoms with Gasteiger partial charge in [-0.25, -0.2) is 9.97 Å². The van der Waals surface area contributed by atoms with E-state index in [1.807, 2.05) is 6.92 Å². The van der Waals surface area contributed by atoms with Gasteiger partial charge in [0.1, 0.15) is 22.7 Å². The Morgan fingerprint density at radius 3 is 2.80 bits per heavy atom. The minimum absolute atomic E-state index is 0.0832. The number of β-amino-alcohol motifs (C(OH)–C–C–N with tert-alkyl or cyclic N) is 1. The summed E-state index contributed by atoms with van der Waals surface area (Å²) in [5, 5.41) is 41.9. The van der Waals surface area contributed by atoms with Crippen molar-refractivity contribution in [2.75, 3.05) is 35.6 Å². The molecule has 4 unspecified atom stereocenters. The van der Waals surface area contributed by atoms with Crippen LogP contribution in [0, 0.1) is 16.7 Å². The second kappa shape index (κ2) is 11.1. The number of thiophene rings is 1. The van der Waals surface area contributed by atoms with Crippen LogP contribution in [0.1, 0.15) is 98.1 Å². The number of aliphatic hydroxyl groups is 1. The zero-order valence-electron chi connectivity index (χ0n) is 25.5. The van der Waals surface area contributed by atoms with Crippen molar-refractivity contribution in [3.63, 3.8) is 0 Å². The first-order chi connectivity index (χ1) is 21.2. The number of rotatable bonds is 6. The third-order valence-corrected chi connectivity index (χ3v) is 11.3. The Balaban J connectivity index is 1.36. The van der Waals surface area contributed by atoms with Crippen molar-refractivity contribution in [2.45, 2.75) is 101 Å². The number of hydrogen-bond donors (Lipinski definition) is 5. The third-order valence-electron chi connectivity index (χ3n) is 10.2. The molecule has 0 radical (unpaired) electrons. The molecule has 4 aliphatic rings. The second-order valence-electron chi connectivity index (χ2n) is 13.3. The van der Waals surface area contributed by atoms with Gasteiger partial charge in [0.15, 0.2) is 17.3 Å². The van der Waals surface area contributed by atoms with Crippen LogP contribution >= 0.6 is 11.3 Å². The number of hydrogen-bond acceptors (Lipinski definition) is 12. The predicted molar refractivity (Wildman–Crippen MR) is 172 cm³/mol. The fourth-order valence-corrected chi connectivity index (χ4v) is 9.28. The smallest absolute Gasteiger partial charge is 0.186 e. The molecule has 0 aromatic carbocycles. The summed E-state index contributed by atoms with van der Waals surface area (Å²) in [5.41, 5.74) is 8.90. The highest BCUT2D eigenvalue weighted by Crippen LogP contribution is 2.55. The molecular formula is C32H41N9O2S. The number of nitriles is 1. The normalized spacial score (nSPS) is 27.0. The van der Waals surface area contributed by atoms with E-state index >= 15 is 0 Å². The van der Waals surface area contributed by atoms with E-state index in [4.69, 9.17) is 25.6 Å². The highest BCUT2D eigenvalue weighted by atomic mass is 32.1. The zero-order chi connectivity index (χ0) is 30.6. The molecule has 1 spiro atoms. The molecule has 2 fully saturated rings. The van der Waals surface area contributed by atoms with Crippen molar-refractivity contribution in [2.24, 2.45) is 0 Å². The Morgan fingerprint density at radius 1 is 1.25 bits per heavy atom. The van der Waals surface area contributed by atoms with Gasteiger partial charge in [-0.15, -0.1) is 11.3 Å². The number of nitrogens with two attached hydrogens (primary N) is 1. The summed E-state index contributed by atoms with van der Waals surface area (Å²) < 4.78 is 6.27. The lowest BCUT2D eigenvalue weighted by Gasteiger charge is -2.39. The van der Waals surface area contributed by atoms with E-state index in [0.29, 0.717) is 51.9 Å². The van der Waals surface area contributed by atoms with Crippen LogP contribution in [0.3, 0.4) is 0 Å². The summed E-state index contributed by atoms with van der Waals surface area (Å²) in [6.45, 7) is 6.15. The van der Waals surface area contributed by atoms with Crippen molar-refractivity contribution in [1.82, 2.24) is 20.4 Å². The number of fused-ring (bicyclic) bond motifs is 4. The zero-order valence-corrected chi connectivity index (χ0v) is 26.3. The number of aromatic nitrogens is 3. The third kappa shape index (κ3) is 4.76. The summed E-state index contributed by atoms with van der Waals surface area (Å²) >= 11 is 1.53. The number of piperidine rings is 1. The van der Waals surface area contributed by atoms with Crippen molar-refractivity contribution >= 4 is 34.2 Å². The lowest BCUT2D eigenvalue weighted by Crippen LogP contribution is -2.47. The molecule has 5 heterocycles. The Labute approximate surface area is 261 Å². The van der Waals surface area contributed by atoms with Crippen molar-refractivity contribution in [3.8, 4) is 17.6 Å². The number of nitrogen functional groups attached to an aromatic ring is 1. The first kappa shape index (κ1) is 29.2. The van der Waals surface area contributed by atoms with Crippen LogP contribution in [-0.2, 0) is 18.3 Å². The first-order valence-electron chi connectivity index (χ1n) is 16.0. The van der Waals surface area contributed by atoms with E-state index in [1.54, 1.807) is 0 Å². The van der Waals surface area contributed by atoms with Gasteiger partial charge in [0.2, 0.25) is 0 Å². The number of aryl methyl sites for hydroxylation is 1. The van der Waals surface area contributed by atoms with E-state index in [2.05, 4.69) is 33.7 Å². The predicted octanol–water partition coefficient (Wildman–Crippen LogP) is 4.51. The lowest BCUT2D eigenvalue weighted by molar-refractivity contribution is 0.0447. The second-order valence-corrected chi connectivity index (χ2v) is 14.5. The Kier molecular flexibility index (Phi) is 7.38. The van der Waals surface area contributed by atoms with Gasteiger partial charge in [-0.05, 0) is 90.2 Å². The average Bonchev–Trinajstić information content (AvgIpc) is 3.76. The topological polar surface area (TPSA) is 173 Å². The molecule has 232 valence electrons. The summed E-state index contributed by atoms with van der Waals surface area (Å²) in [5.74, 6) is 2.48. The summed E-state index contributed by atoms with van der Waals surface area (Å²) in [4.78, 5) is 13.4. The fourth-order valence-electron chi connectivity index (χ4n) is 8.12. The molecule has 3 aromatic heterocycles. The Bertz CT molecular complexity index is 1630. The maximum atomic E-state index is 11.0. The minimum atomic E-state index is -0.851. The summed E-state index contributed by atoms with van der Waals surface area (Å²) in [6, 6.07) is 2.78. The van der Waals surface area contributed by atoms with E-state index in [1.165, 1.54) is 22.4 Å². The minimum Gasteiger partial charge on any atom is -0.389 e. The molecule has 44 heavy (non-hydrogen) atoms. The molecule has 11 nitrogen and oxygen atoms in total. The van der Waals surface area contributed by atoms with Crippen LogP contribution < -0.4 is 21.3 Å². The van der Waals surface area contributed by atoms with E-state index in [-0.39, 0.29) is 6.04 Å². The maximum Gasteiger partial charge on any atom is 0.186 e. The summed E-state index contributed by atoms with van der Waals surface area (Å²) in [6.07, 6.45) is 10.5. The SMILES string of the molecule is CC(Nc1nc(-c2noc3c2CCCC32CCCc3sc(N)c(C#N)c32)nc(N2CCCC(C)(O)C2)c1C=N)C1CCCN1. The Morgan fingerprint density at radius 2 is 2.07 bits per heavy atom. The molecule has 6 N–H and O–H groups in total. The van der Waals surface area contributed by atoms with Gasteiger partial charge in [0.05, 0.1) is 22.1 Å². The first-order valence-corrected chi connectivity index (χ1v) is 16.8. The van der Waals surface area contributed by atoms with Crippen LogP contribution in [0.4, 0.5) is 16.6 Å². The molecular weight excluding hydrogens is 574 g/mol. The molecule has 0 amide bonds.